The van der Waals surface area contributed by atoms with Crippen LogP contribution in [0.4, 0.5) is 0 Å². The van der Waals surface area contributed by atoms with Crippen LogP contribution in [0.25, 0.3) is 0 Å². The molecule has 1 aromatic heterocycles. The smallest absolute Gasteiger partial charge is 0.240 e. The molecule has 0 saturated heterocycles. The van der Waals surface area contributed by atoms with Gasteiger partial charge in [0.15, 0.2) is 0 Å². The van der Waals surface area contributed by atoms with E-state index < -0.39 is 0 Å². The van der Waals surface area contributed by atoms with Crippen LogP contribution in [0.3, 0.4) is 0 Å². The molecule has 21 heavy (non-hydrogen) atoms. The van der Waals surface area contributed by atoms with Crippen LogP contribution in [0, 0.1) is 11.8 Å². The van der Waals surface area contributed by atoms with E-state index in [1.807, 2.05) is 0 Å². The molecule has 0 radical (unpaired) electrons. The first-order valence-electron chi connectivity index (χ1n) is 7.87. The van der Waals surface area contributed by atoms with E-state index in [1.165, 1.54) is 25.7 Å². The predicted octanol–water partition coefficient (Wildman–Crippen LogP) is 2.97. The van der Waals surface area contributed by atoms with Crippen LogP contribution in [0.1, 0.15) is 51.3 Å². The minimum absolute atomic E-state index is 0.204. The van der Waals surface area contributed by atoms with Crippen LogP contribution in [0.15, 0.2) is 6.20 Å². The van der Waals surface area contributed by atoms with Crippen LogP contribution in [0.2, 0.25) is 0 Å². The number of nitrogens with zero attached hydrogens (tertiary/aromatic N) is 2. The zero-order chi connectivity index (χ0) is 15.2. The predicted molar refractivity (Wildman–Crippen MR) is 82.7 cm³/mol. The molecular formula is C16H27N3O2. The van der Waals surface area contributed by atoms with Gasteiger partial charge in [0.05, 0.1) is 26.5 Å². The number of aromatic nitrogens is 2. The maximum absolute atomic E-state index is 5.43. The highest BCUT2D eigenvalue weighted by Crippen LogP contribution is 2.38. The van der Waals surface area contributed by atoms with Gasteiger partial charge in [-0.1, -0.05) is 26.7 Å². The zero-order valence-electron chi connectivity index (χ0n) is 13.6. The van der Waals surface area contributed by atoms with Crippen LogP contribution in [0.5, 0.6) is 11.8 Å². The second kappa shape index (κ2) is 7.59. The number of rotatable bonds is 6. The topological polar surface area (TPSA) is 56.3 Å². The molecule has 5 nitrogen and oxygen atoms in total. The maximum atomic E-state index is 5.43. The van der Waals surface area contributed by atoms with E-state index in [4.69, 9.17) is 9.47 Å². The molecule has 1 aromatic rings. The SMILES string of the molecule is CCNC(c1ncc(OC)nc1OC)C1CCC(C)CC1. The Balaban J connectivity index is 2.24. The summed E-state index contributed by atoms with van der Waals surface area (Å²) in [5, 5.41) is 3.57. The zero-order valence-corrected chi connectivity index (χ0v) is 13.6. The summed E-state index contributed by atoms with van der Waals surface area (Å²) in [6.45, 7) is 5.38. The van der Waals surface area contributed by atoms with Crippen LogP contribution < -0.4 is 14.8 Å². The number of hydrogen-bond acceptors (Lipinski definition) is 5. The van der Waals surface area contributed by atoms with Crippen molar-refractivity contribution in [2.45, 2.75) is 45.6 Å². The molecule has 1 atom stereocenters. The standard InChI is InChI=1S/C16H27N3O2/c1-5-17-14(12-8-6-11(2)7-9-12)15-16(21-4)19-13(20-3)10-18-15/h10-12,14,17H,5-9H2,1-4H3. The fourth-order valence-corrected chi connectivity index (χ4v) is 3.15. The van der Waals surface area contributed by atoms with E-state index >= 15 is 0 Å². The van der Waals surface area contributed by atoms with Crippen molar-refractivity contribution in [1.29, 1.82) is 0 Å². The van der Waals surface area contributed by atoms with Gasteiger partial charge in [0, 0.05) is 0 Å². The second-order valence-electron chi connectivity index (χ2n) is 5.86. The molecule has 5 heteroatoms. The Morgan fingerprint density at radius 1 is 1.24 bits per heavy atom. The lowest BCUT2D eigenvalue weighted by molar-refractivity contribution is 0.225. The molecule has 1 N–H and O–H groups in total. The monoisotopic (exact) mass is 293 g/mol. The summed E-state index contributed by atoms with van der Waals surface area (Å²) < 4.78 is 10.6. The molecule has 0 aliphatic heterocycles. The van der Waals surface area contributed by atoms with E-state index in [0.29, 0.717) is 17.7 Å². The average molecular weight is 293 g/mol. The van der Waals surface area contributed by atoms with Gasteiger partial charge in [0.2, 0.25) is 11.8 Å². The van der Waals surface area contributed by atoms with Crippen LogP contribution in [-0.4, -0.2) is 30.7 Å². The molecule has 1 unspecified atom stereocenters. The van der Waals surface area contributed by atoms with Gasteiger partial charge in [-0.3, -0.25) is 0 Å². The van der Waals surface area contributed by atoms with Gasteiger partial charge in [-0.05, 0) is 31.2 Å². The fourth-order valence-electron chi connectivity index (χ4n) is 3.15. The molecule has 1 aliphatic rings. The van der Waals surface area contributed by atoms with Gasteiger partial charge in [0.1, 0.15) is 5.69 Å². The molecule has 0 spiro atoms. The van der Waals surface area contributed by atoms with Crippen molar-refractivity contribution in [3.8, 4) is 11.8 Å². The van der Waals surface area contributed by atoms with Gasteiger partial charge in [-0.15, -0.1) is 0 Å². The fraction of sp³-hybridized carbons (Fsp3) is 0.750. The van der Waals surface area contributed by atoms with Crippen molar-refractivity contribution in [3.63, 3.8) is 0 Å². The number of ether oxygens (including phenoxy) is 2. The summed E-state index contributed by atoms with van der Waals surface area (Å²) in [6.07, 6.45) is 6.72. The minimum Gasteiger partial charge on any atom is -0.480 e. The molecule has 0 amide bonds. The molecule has 1 saturated carbocycles. The summed E-state index contributed by atoms with van der Waals surface area (Å²) >= 11 is 0. The lowest BCUT2D eigenvalue weighted by Gasteiger charge is -2.33. The largest absolute Gasteiger partial charge is 0.480 e. The van der Waals surface area contributed by atoms with Crippen LogP contribution >= 0.6 is 0 Å². The summed E-state index contributed by atoms with van der Waals surface area (Å²) in [5.41, 5.74) is 0.903. The van der Waals surface area contributed by atoms with E-state index in [-0.39, 0.29) is 6.04 Å². The van der Waals surface area contributed by atoms with Crippen LogP contribution in [-0.2, 0) is 0 Å². The van der Waals surface area contributed by atoms with Crippen molar-refractivity contribution < 1.29 is 9.47 Å². The average Bonchev–Trinajstić information content (AvgIpc) is 2.53. The number of hydrogen-bond donors (Lipinski definition) is 1. The molecule has 118 valence electrons. The molecule has 2 rings (SSSR count). The molecule has 1 fully saturated rings. The summed E-state index contributed by atoms with van der Waals surface area (Å²) in [5.74, 6) is 2.49. The van der Waals surface area contributed by atoms with Crippen molar-refractivity contribution in [1.82, 2.24) is 15.3 Å². The highest BCUT2D eigenvalue weighted by atomic mass is 16.5. The molecule has 1 aliphatic carbocycles. The highest BCUT2D eigenvalue weighted by Gasteiger charge is 2.30. The third-order valence-electron chi connectivity index (χ3n) is 4.40. The lowest BCUT2D eigenvalue weighted by atomic mass is 9.78. The Bertz CT molecular complexity index is 445. The van der Waals surface area contributed by atoms with E-state index in [9.17, 15) is 0 Å². The number of methoxy groups -OCH3 is 2. The Labute approximate surface area is 127 Å². The summed E-state index contributed by atoms with van der Waals surface area (Å²) in [4.78, 5) is 8.93. The van der Waals surface area contributed by atoms with Crippen molar-refractivity contribution in [2.24, 2.45) is 11.8 Å². The highest BCUT2D eigenvalue weighted by molar-refractivity contribution is 5.26. The molecule has 1 heterocycles. The van der Waals surface area contributed by atoms with Gasteiger partial charge < -0.3 is 14.8 Å². The van der Waals surface area contributed by atoms with E-state index in [0.717, 1.165) is 18.2 Å². The number of nitrogens with one attached hydrogen (secondary N) is 1. The summed E-state index contributed by atoms with van der Waals surface area (Å²) in [7, 11) is 3.23. The van der Waals surface area contributed by atoms with Gasteiger partial charge in [-0.2, -0.15) is 4.98 Å². The molecule has 0 aromatic carbocycles. The quantitative estimate of drug-likeness (QED) is 0.874. The van der Waals surface area contributed by atoms with E-state index in [1.54, 1.807) is 20.4 Å². The molecular weight excluding hydrogens is 266 g/mol. The Morgan fingerprint density at radius 2 is 1.95 bits per heavy atom. The third kappa shape index (κ3) is 3.84. The first-order chi connectivity index (χ1) is 10.2. The van der Waals surface area contributed by atoms with Crippen molar-refractivity contribution >= 4 is 0 Å². The second-order valence-corrected chi connectivity index (χ2v) is 5.86. The first kappa shape index (κ1) is 16.0. The Hall–Kier alpha value is -1.36. The Kier molecular flexibility index (Phi) is 5.79. The minimum atomic E-state index is 0.204. The Morgan fingerprint density at radius 3 is 2.52 bits per heavy atom. The van der Waals surface area contributed by atoms with Crippen molar-refractivity contribution in [2.75, 3.05) is 20.8 Å². The van der Waals surface area contributed by atoms with Crippen molar-refractivity contribution in [3.05, 3.63) is 11.9 Å². The van der Waals surface area contributed by atoms with Gasteiger partial charge in [-0.25, -0.2) is 4.98 Å². The van der Waals surface area contributed by atoms with Gasteiger partial charge >= 0.3 is 0 Å². The third-order valence-corrected chi connectivity index (χ3v) is 4.40. The van der Waals surface area contributed by atoms with Gasteiger partial charge in [0.25, 0.3) is 0 Å². The van der Waals surface area contributed by atoms with E-state index in [2.05, 4.69) is 29.1 Å². The first-order valence-corrected chi connectivity index (χ1v) is 7.87. The molecule has 0 bridgehead atoms. The lowest BCUT2D eigenvalue weighted by Crippen LogP contribution is -2.32. The normalized spacial score (nSPS) is 23.6. The summed E-state index contributed by atoms with van der Waals surface area (Å²) in [6, 6.07) is 0.204. The maximum Gasteiger partial charge on any atom is 0.240 e.